The Bertz CT molecular complexity index is 1140. The summed E-state index contributed by atoms with van der Waals surface area (Å²) in [5.74, 6) is -0.418. The molecule has 2 heteroatoms. The number of hydrogen-bond acceptors (Lipinski definition) is 2. The Morgan fingerprint density at radius 2 is 1.00 bits per heavy atom. The van der Waals surface area contributed by atoms with Crippen molar-refractivity contribution in [3.05, 3.63) is 75.9 Å². The van der Waals surface area contributed by atoms with Crippen LogP contribution < -0.4 is 5.11 Å². The van der Waals surface area contributed by atoms with Gasteiger partial charge in [-0.05, 0) is 87.3 Å². The monoisotopic (exact) mass is 443 g/mol. The molecule has 0 atom stereocenters. The van der Waals surface area contributed by atoms with Gasteiger partial charge >= 0.3 is 0 Å². The van der Waals surface area contributed by atoms with Crippen LogP contribution in [0.3, 0.4) is 0 Å². The summed E-state index contributed by atoms with van der Waals surface area (Å²) < 4.78 is 0. The average molecular weight is 444 g/mol. The predicted octanol–water partition coefficient (Wildman–Crippen LogP) is 6.97. The minimum atomic E-state index is -0.209. The molecular formula is C31H39O2-. The molecule has 0 spiro atoms. The van der Waals surface area contributed by atoms with Crippen molar-refractivity contribution in [3.63, 3.8) is 0 Å². The first kappa shape index (κ1) is 23.8. The third kappa shape index (κ3) is 4.18. The summed E-state index contributed by atoms with van der Waals surface area (Å²) in [6.45, 7) is 18.1. The van der Waals surface area contributed by atoms with E-state index in [1.165, 1.54) is 28.3 Å². The molecule has 2 aliphatic rings. The summed E-state index contributed by atoms with van der Waals surface area (Å²) in [6.07, 6.45) is 5.74. The Kier molecular flexibility index (Phi) is 5.47. The molecule has 0 N–H and O–H groups in total. The van der Waals surface area contributed by atoms with Crippen LogP contribution in [0, 0.1) is 0 Å². The topological polar surface area (TPSA) is 40.1 Å². The molecule has 2 aromatic carbocycles. The molecule has 0 aromatic heterocycles. The Balaban J connectivity index is 1.69. The van der Waals surface area contributed by atoms with Gasteiger partial charge in [0.2, 0.25) is 0 Å². The largest absolute Gasteiger partial charge is 0.872 e. The molecule has 0 saturated carbocycles. The van der Waals surface area contributed by atoms with Crippen molar-refractivity contribution in [1.82, 2.24) is 0 Å². The first-order valence-electron chi connectivity index (χ1n) is 12.4. The molecule has 0 bridgehead atoms. The van der Waals surface area contributed by atoms with E-state index >= 15 is 0 Å². The maximum Gasteiger partial charge on any atom is 0.185 e. The Morgan fingerprint density at radius 1 is 0.636 bits per heavy atom. The molecule has 2 aromatic rings. The number of carbonyl (C=O) groups is 1. The zero-order valence-corrected chi connectivity index (χ0v) is 21.7. The SMILES string of the molecule is CC1(C)CCC(C)(C)c2cc(C(=O)/C=C(\[O-])c3ccc4c(c3)C(C)(C)CCC4(C)C)ccc21. The molecule has 2 aliphatic carbocycles. The van der Waals surface area contributed by atoms with Crippen molar-refractivity contribution < 1.29 is 9.90 Å². The zero-order valence-electron chi connectivity index (χ0n) is 21.7. The van der Waals surface area contributed by atoms with Gasteiger partial charge in [0.1, 0.15) is 0 Å². The standard InChI is InChI=1S/C31H40O2/c1-28(2)13-15-30(5,6)24-17-20(9-11-22(24)28)26(32)19-27(33)21-10-12-23-25(18-21)31(7,8)16-14-29(23,3)4/h9-12,17-19,32H,13-16H2,1-8H3/p-1/b26-19-. The molecule has 0 amide bonds. The van der Waals surface area contributed by atoms with Crippen LogP contribution in [-0.4, -0.2) is 5.78 Å². The van der Waals surface area contributed by atoms with Gasteiger partial charge < -0.3 is 5.11 Å². The lowest BCUT2D eigenvalue weighted by atomic mass is 9.63. The van der Waals surface area contributed by atoms with Gasteiger partial charge in [-0.25, -0.2) is 0 Å². The molecule has 0 fully saturated rings. The predicted molar refractivity (Wildman–Crippen MR) is 136 cm³/mol. The zero-order chi connectivity index (χ0) is 24.4. The number of ketones is 1. The number of allylic oxidation sites excluding steroid dienone is 1. The Labute approximate surface area is 200 Å². The lowest BCUT2D eigenvalue weighted by Crippen LogP contribution is -2.34. The summed E-state index contributed by atoms with van der Waals surface area (Å²) in [6, 6.07) is 12.1. The van der Waals surface area contributed by atoms with Gasteiger partial charge in [0.05, 0.1) is 0 Å². The van der Waals surface area contributed by atoms with Crippen molar-refractivity contribution >= 4 is 11.5 Å². The minimum absolute atomic E-state index is 0.0298. The lowest BCUT2D eigenvalue weighted by molar-refractivity contribution is -0.243. The number of benzene rings is 2. The van der Waals surface area contributed by atoms with E-state index in [0.717, 1.165) is 25.7 Å². The second-order valence-corrected chi connectivity index (χ2v) is 12.9. The molecule has 0 unspecified atom stereocenters. The summed E-state index contributed by atoms with van der Waals surface area (Å²) in [5.41, 5.74) is 6.60. The quantitative estimate of drug-likeness (QED) is 0.292. The van der Waals surface area contributed by atoms with E-state index in [9.17, 15) is 9.90 Å². The number of hydrogen-bond donors (Lipinski definition) is 0. The van der Waals surface area contributed by atoms with Crippen LogP contribution in [0.25, 0.3) is 5.76 Å². The van der Waals surface area contributed by atoms with Gasteiger partial charge in [0.15, 0.2) is 5.78 Å². The molecule has 0 aliphatic heterocycles. The highest BCUT2D eigenvalue weighted by Gasteiger charge is 2.38. The molecule has 0 saturated heterocycles. The fraction of sp³-hybridized carbons (Fsp3) is 0.516. The Hall–Kier alpha value is -2.35. The van der Waals surface area contributed by atoms with E-state index in [-0.39, 0.29) is 33.2 Å². The van der Waals surface area contributed by atoms with Crippen molar-refractivity contribution in [2.24, 2.45) is 0 Å². The molecular weight excluding hydrogens is 404 g/mol. The Morgan fingerprint density at radius 3 is 1.45 bits per heavy atom. The van der Waals surface area contributed by atoms with E-state index in [1.54, 1.807) is 0 Å². The van der Waals surface area contributed by atoms with Crippen molar-refractivity contribution in [3.8, 4) is 0 Å². The van der Waals surface area contributed by atoms with Gasteiger partial charge in [-0.1, -0.05) is 91.5 Å². The van der Waals surface area contributed by atoms with Crippen molar-refractivity contribution in [2.75, 3.05) is 0 Å². The first-order valence-corrected chi connectivity index (χ1v) is 12.4. The normalized spacial score (nSPS) is 22.2. The minimum Gasteiger partial charge on any atom is -0.872 e. The molecule has 0 heterocycles. The molecule has 0 radical (unpaired) electrons. The van der Waals surface area contributed by atoms with E-state index in [2.05, 4.69) is 67.5 Å². The summed E-state index contributed by atoms with van der Waals surface area (Å²) in [4.78, 5) is 13.1. The highest BCUT2D eigenvalue weighted by molar-refractivity contribution is 6.07. The van der Waals surface area contributed by atoms with Gasteiger partial charge in [-0.3, -0.25) is 4.79 Å². The fourth-order valence-corrected chi connectivity index (χ4v) is 5.77. The maximum absolute atomic E-state index is 13.1. The second-order valence-electron chi connectivity index (χ2n) is 12.9. The number of rotatable bonds is 3. The highest BCUT2D eigenvalue weighted by Crippen LogP contribution is 2.47. The van der Waals surface area contributed by atoms with Crippen LogP contribution in [0.2, 0.25) is 0 Å². The molecule has 4 rings (SSSR count). The molecule has 33 heavy (non-hydrogen) atoms. The van der Waals surface area contributed by atoms with E-state index in [1.807, 2.05) is 24.3 Å². The first-order chi connectivity index (χ1) is 15.1. The van der Waals surface area contributed by atoms with Crippen LogP contribution in [0.4, 0.5) is 0 Å². The van der Waals surface area contributed by atoms with E-state index < -0.39 is 0 Å². The van der Waals surface area contributed by atoms with Crippen molar-refractivity contribution in [2.45, 2.75) is 103 Å². The van der Waals surface area contributed by atoms with Crippen LogP contribution in [0.1, 0.15) is 119 Å². The third-order valence-electron chi connectivity index (χ3n) is 8.54. The summed E-state index contributed by atoms with van der Waals surface area (Å²) in [7, 11) is 0. The van der Waals surface area contributed by atoms with Crippen molar-refractivity contribution in [1.29, 1.82) is 0 Å². The van der Waals surface area contributed by atoms with Crippen LogP contribution in [-0.2, 0) is 21.7 Å². The van der Waals surface area contributed by atoms with E-state index in [4.69, 9.17) is 0 Å². The van der Waals surface area contributed by atoms with Crippen LogP contribution in [0.15, 0.2) is 42.5 Å². The summed E-state index contributed by atoms with van der Waals surface area (Å²) in [5, 5.41) is 13.1. The maximum atomic E-state index is 13.1. The smallest absolute Gasteiger partial charge is 0.185 e. The van der Waals surface area contributed by atoms with Crippen LogP contribution in [0.5, 0.6) is 0 Å². The highest BCUT2D eigenvalue weighted by atomic mass is 16.3. The lowest BCUT2D eigenvalue weighted by Gasteiger charge is -2.42. The van der Waals surface area contributed by atoms with Gasteiger partial charge in [-0.15, -0.1) is 0 Å². The molecule has 2 nitrogen and oxygen atoms in total. The average Bonchev–Trinajstić information content (AvgIpc) is 2.74. The third-order valence-corrected chi connectivity index (χ3v) is 8.54. The molecule has 176 valence electrons. The van der Waals surface area contributed by atoms with Gasteiger partial charge in [-0.2, -0.15) is 0 Å². The van der Waals surface area contributed by atoms with Gasteiger partial charge in [0, 0.05) is 5.56 Å². The fourth-order valence-electron chi connectivity index (χ4n) is 5.77. The van der Waals surface area contributed by atoms with E-state index in [0.29, 0.717) is 11.1 Å². The number of carbonyl (C=O) groups excluding carboxylic acids is 1. The second kappa shape index (κ2) is 7.58. The summed E-state index contributed by atoms with van der Waals surface area (Å²) >= 11 is 0. The van der Waals surface area contributed by atoms with Gasteiger partial charge in [0.25, 0.3) is 0 Å². The van der Waals surface area contributed by atoms with Crippen LogP contribution >= 0.6 is 0 Å². The number of fused-ring (bicyclic) bond motifs is 2.